The summed E-state index contributed by atoms with van der Waals surface area (Å²) < 4.78 is 16.9. The first-order valence-electron chi connectivity index (χ1n) is 11.9. The molecule has 0 saturated heterocycles. The molecule has 0 aliphatic carbocycles. The van der Waals surface area contributed by atoms with Gasteiger partial charge in [0.2, 0.25) is 0 Å². The van der Waals surface area contributed by atoms with Crippen molar-refractivity contribution in [2.45, 2.75) is 94.8 Å². The molecule has 2 aromatic rings. The number of phenolic OH excluding ortho intramolecular Hbond substituents is 2. The fourth-order valence-electron chi connectivity index (χ4n) is 3.30. The zero-order valence-corrected chi connectivity index (χ0v) is 21.4. The zero-order chi connectivity index (χ0) is 24.6. The molecule has 0 aromatic heterocycles. The van der Waals surface area contributed by atoms with Gasteiger partial charge in [-0.05, 0) is 55.7 Å². The summed E-state index contributed by atoms with van der Waals surface area (Å²) in [6.07, 6.45) is 12.2. The van der Waals surface area contributed by atoms with Gasteiger partial charge >= 0.3 is 5.97 Å². The maximum atomic E-state index is 12.3. The second-order valence-corrected chi connectivity index (χ2v) is 9.80. The van der Waals surface area contributed by atoms with Gasteiger partial charge in [-0.2, -0.15) is 0 Å². The number of ether oxygens (including phenoxy) is 1. The first-order valence-corrected chi connectivity index (χ1v) is 13.0. The van der Waals surface area contributed by atoms with E-state index in [1.165, 1.54) is 70.6 Å². The third kappa shape index (κ3) is 11.5. The minimum absolute atomic E-state index is 0.0713. The molecule has 33 heavy (non-hydrogen) atoms. The number of phenols is 2. The number of rotatable bonds is 12. The quantitative estimate of drug-likeness (QED) is 0.196. The Morgan fingerprint density at radius 3 is 1.64 bits per heavy atom. The molecular weight excluding hydrogens is 436 g/mol. The third-order valence-corrected chi connectivity index (χ3v) is 6.84. The Labute approximate surface area is 202 Å². The number of methoxy groups -OCH3 is 1. The standard InChI is InChI=1S/C14H14O3S.C13H26O2/c1-9-7-11(3-5-13(9)15)18(17)12-4-6-14(16)10(2)8-12;1-3-4-5-6-7-8-9-10-11-12-13(14)15-2/h3-8,15-16H,1-2H3;3-12H2,1-2H3. The second-order valence-electron chi connectivity index (χ2n) is 8.32. The van der Waals surface area contributed by atoms with Gasteiger partial charge < -0.3 is 19.5 Å². The van der Waals surface area contributed by atoms with E-state index in [0.717, 1.165) is 6.42 Å². The molecule has 2 rings (SSSR count). The fraction of sp³-hybridized carbons (Fsp3) is 0.519. The van der Waals surface area contributed by atoms with Crippen LogP contribution in [-0.2, 0) is 20.7 Å². The highest BCUT2D eigenvalue weighted by Gasteiger charge is 2.16. The van der Waals surface area contributed by atoms with Crippen LogP contribution in [0.5, 0.6) is 11.5 Å². The molecule has 0 saturated carbocycles. The fourth-order valence-corrected chi connectivity index (χ4v) is 4.53. The molecule has 0 bridgehead atoms. The maximum absolute atomic E-state index is 12.3. The van der Waals surface area contributed by atoms with Crippen molar-refractivity contribution >= 4 is 17.1 Å². The summed E-state index contributed by atoms with van der Waals surface area (Å²) >= 11 is -1.31. The SMILES string of the molecule is CCCCCCCCCCCC(=O)OC.Cc1cc([S+]([O-])c2ccc(O)c(C)c2)ccc1O. The number of aryl methyl sites for hydroxylation is 2. The Balaban J connectivity index is 0.000000337. The summed E-state index contributed by atoms with van der Waals surface area (Å²) in [6, 6.07) is 9.76. The monoisotopic (exact) mass is 476 g/mol. The third-order valence-electron chi connectivity index (χ3n) is 5.48. The van der Waals surface area contributed by atoms with Crippen LogP contribution >= 0.6 is 0 Å². The first kappa shape index (κ1) is 28.9. The second kappa shape index (κ2) is 16.4. The molecule has 0 radical (unpaired) electrons. The lowest BCUT2D eigenvalue weighted by molar-refractivity contribution is -0.140. The average molecular weight is 477 g/mol. The van der Waals surface area contributed by atoms with Crippen molar-refractivity contribution < 1.29 is 24.3 Å². The van der Waals surface area contributed by atoms with E-state index in [0.29, 0.717) is 27.3 Å². The number of hydrogen-bond acceptors (Lipinski definition) is 5. The summed E-state index contributed by atoms with van der Waals surface area (Å²) in [5, 5.41) is 18.9. The van der Waals surface area contributed by atoms with Crippen molar-refractivity contribution in [1.82, 2.24) is 0 Å². The van der Waals surface area contributed by atoms with Crippen molar-refractivity contribution in [1.29, 1.82) is 0 Å². The van der Waals surface area contributed by atoms with Crippen LogP contribution in [0.2, 0.25) is 0 Å². The van der Waals surface area contributed by atoms with Crippen LogP contribution in [0.4, 0.5) is 0 Å². The van der Waals surface area contributed by atoms with Crippen LogP contribution in [0.3, 0.4) is 0 Å². The van der Waals surface area contributed by atoms with Gasteiger partial charge in [0.1, 0.15) is 11.5 Å². The van der Waals surface area contributed by atoms with Gasteiger partial charge in [0, 0.05) is 29.7 Å². The molecule has 6 heteroatoms. The lowest BCUT2D eigenvalue weighted by Gasteiger charge is -2.11. The summed E-state index contributed by atoms with van der Waals surface area (Å²) in [5.74, 6) is 0.313. The predicted molar refractivity (Wildman–Crippen MR) is 134 cm³/mol. The Kier molecular flexibility index (Phi) is 14.4. The molecule has 0 aliphatic heterocycles. The molecule has 2 N–H and O–H groups in total. The van der Waals surface area contributed by atoms with Gasteiger partial charge in [-0.15, -0.1) is 0 Å². The lowest BCUT2D eigenvalue weighted by Crippen LogP contribution is -2.02. The summed E-state index contributed by atoms with van der Waals surface area (Å²) in [4.78, 5) is 12.1. The van der Waals surface area contributed by atoms with Crippen LogP contribution in [0.25, 0.3) is 0 Å². The van der Waals surface area contributed by atoms with E-state index < -0.39 is 11.2 Å². The van der Waals surface area contributed by atoms with Crippen molar-refractivity contribution in [3.05, 3.63) is 47.5 Å². The first-order chi connectivity index (χ1) is 15.8. The number of hydrogen-bond donors (Lipinski definition) is 2. The smallest absolute Gasteiger partial charge is 0.305 e. The van der Waals surface area contributed by atoms with Crippen molar-refractivity contribution in [2.24, 2.45) is 0 Å². The highest BCUT2D eigenvalue weighted by molar-refractivity contribution is 7.91. The molecule has 184 valence electrons. The largest absolute Gasteiger partial charge is 0.606 e. The molecule has 5 nitrogen and oxygen atoms in total. The van der Waals surface area contributed by atoms with E-state index in [2.05, 4.69) is 11.7 Å². The molecular formula is C27H40O5S. The Hall–Kier alpha value is -2.18. The summed E-state index contributed by atoms with van der Waals surface area (Å²) in [7, 11) is 1.45. The number of carbonyl (C=O) groups excluding carboxylic acids is 1. The van der Waals surface area contributed by atoms with Gasteiger partial charge in [0.25, 0.3) is 0 Å². The van der Waals surface area contributed by atoms with Crippen molar-refractivity contribution in [3.63, 3.8) is 0 Å². The minimum atomic E-state index is -1.31. The molecule has 0 amide bonds. The highest BCUT2D eigenvalue weighted by Crippen LogP contribution is 2.28. The van der Waals surface area contributed by atoms with Gasteiger partial charge in [0.15, 0.2) is 9.79 Å². The summed E-state index contributed by atoms with van der Waals surface area (Å²) in [6.45, 7) is 5.77. The van der Waals surface area contributed by atoms with Crippen molar-refractivity contribution in [2.75, 3.05) is 7.11 Å². The summed E-state index contributed by atoms with van der Waals surface area (Å²) in [5.41, 5.74) is 1.38. The van der Waals surface area contributed by atoms with E-state index in [9.17, 15) is 19.6 Å². The molecule has 0 heterocycles. The number of aromatic hydroxyl groups is 2. The van der Waals surface area contributed by atoms with E-state index in [1.807, 2.05) is 0 Å². The number of esters is 1. The Morgan fingerprint density at radius 1 is 0.818 bits per heavy atom. The number of benzene rings is 2. The average Bonchev–Trinajstić information content (AvgIpc) is 2.81. The Morgan fingerprint density at radius 2 is 1.24 bits per heavy atom. The van der Waals surface area contributed by atoms with E-state index in [4.69, 9.17) is 0 Å². The maximum Gasteiger partial charge on any atom is 0.305 e. The topological polar surface area (TPSA) is 89.8 Å². The van der Waals surface area contributed by atoms with E-state index in [1.54, 1.807) is 38.1 Å². The molecule has 2 aromatic carbocycles. The zero-order valence-electron chi connectivity index (χ0n) is 20.6. The van der Waals surface area contributed by atoms with Gasteiger partial charge in [-0.3, -0.25) is 4.79 Å². The molecule has 0 unspecified atom stereocenters. The van der Waals surface area contributed by atoms with Crippen LogP contribution in [0, 0.1) is 13.8 Å². The van der Waals surface area contributed by atoms with E-state index in [-0.39, 0.29) is 17.5 Å². The number of unbranched alkanes of at least 4 members (excludes halogenated alkanes) is 8. The normalized spacial score (nSPS) is 10.6. The lowest BCUT2D eigenvalue weighted by atomic mass is 10.1. The van der Waals surface area contributed by atoms with Gasteiger partial charge in [0.05, 0.1) is 7.11 Å². The van der Waals surface area contributed by atoms with Gasteiger partial charge in [-0.25, -0.2) is 0 Å². The van der Waals surface area contributed by atoms with Crippen LogP contribution in [-0.4, -0.2) is 27.8 Å². The Bertz CT molecular complexity index is 786. The highest BCUT2D eigenvalue weighted by atomic mass is 32.2. The minimum Gasteiger partial charge on any atom is -0.606 e. The van der Waals surface area contributed by atoms with Crippen LogP contribution in [0.1, 0.15) is 82.3 Å². The van der Waals surface area contributed by atoms with Crippen LogP contribution < -0.4 is 0 Å². The molecule has 0 fully saturated rings. The molecule has 0 spiro atoms. The molecule has 0 aliphatic rings. The van der Waals surface area contributed by atoms with E-state index >= 15 is 0 Å². The predicted octanol–water partition coefficient (Wildman–Crippen LogP) is 6.96. The molecule has 0 atom stereocenters. The van der Waals surface area contributed by atoms with Crippen molar-refractivity contribution in [3.8, 4) is 11.5 Å². The van der Waals surface area contributed by atoms with Crippen LogP contribution in [0.15, 0.2) is 46.2 Å². The number of carbonyl (C=O) groups is 1. The van der Waals surface area contributed by atoms with Gasteiger partial charge in [-0.1, -0.05) is 58.3 Å².